The summed E-state index contributed by atoms with van der Waals surface area (Å²) < 4.78 is 21.7. The van der Waals surface area contributed by atoms with E-state index in [1.54, 1.807) is 18.2 Å². The second kappa shape index (κ2) is 6.19. The van der Waals surface area contributed by atoms with Crippen LogP contribution in [0.4, 0.5) is 0 Å². The average Bonchev–Trinajstić information content (AvgIpc) is 2.91. The third kappa shape index (κ3) is 2.62. The molecule has 1 unspecified atom stereocenters. The van der Waals surface area contributed by atoms with Gasteiger partial charge in [0.05, 0.1) is 32.1 Å². The number of rotatable bonds is 5. The lowest BCUT2D eigenvalue weighted by Crippen LogP contribution is -2.04. The number of methoxy groups -OCH3 is 3. The molecule has 0 aliphatic heterocycles. The van der Waals surface area contributed by atoms with Gasteiger partial charge in [0.25, 0.3) is 0 Å². The van der Waals surface area contributed by atoms with Gasteiger partial charge in [0.1, 0.15) is 11.9 Å². The van der Waals surface area contributed by atoms with E-state index >= 15 is 0 Å². The lowest BCUT2D eigenvalue weighted by molar-refractivity contribution is 0.183. The maximum absolute atomic E-state index is 10.5. The van der Waals surface area contributed by atoms with Crippen molar-refractivity contribution in [2.45, 2.75) is 6.10 Å². The number of hydrogen-bond donors (Lipinski definition) is 1. The van der Waals surface area contributed by atoms with Crippen LogP contribution in [0.25, 0.3) is 0 Å². The summed E-state index contributed by atoms with van der Waals surface area (Å²) >= 11 is 3.32. The SMILES string of the molecule is COc1cc(OC)c(C(O)c2occc2Br)cc1OC. The van der Waals surface area contributed by atoms with Crippen molar-refractivity contribution in [2.75, 3.05) is 21.3 Å². The van der Waals surface area contributed by atoms with Gasteiger partial charge in [-0.2, -0.15) is 0 Å². The summed E-state index contributed by atoms with van der Waals surface area (Å²) in [6.45, 7) is 0. The molecule has 0 amide bonds. The quantitative estimate of drug-likeness (QED) is 0.904. The highest BCUT2D eigenvalue weighted by molar-refractivity contribution is 9.10. The molecule has 2 aromatic rings. The van der Waals surface area contributed by atoms with Gasteiger partial charge in [-0.15, -0.1) is 0 Å². The second-order valence-electron chi connectivity index (χ2n) is 3.98. The molecule has 20 heavy (non-hydrogen) atoms. The fraction of sp³-hybridized carbons (Fsp3) is 0.286. The Morgan fingerprint density at radius 3 is 2.15 bits per heavy atom. The van der Waals surface area contributed by atoms with Crippen molar-refractivity contribution in [3.8, 4) is 17.2 Å². The van der Waals surface area contributed by atoms with Crippen molar-refractivity contribution >= 4 is 15.9 Å². The molecular weight excluding hydrogens is 328 g/mol. The van der Waals surface area contributed by atoms with Crippen molar-refractivity contribution in [3.63, 3.8) is 0 Å². The zero-order chi connectivity index (χ0) is 14.7. The number of benzene rings is 1. The van der Waals surface area contributed by atoms with E-state index in [0.29, 0.717) is 33.0 Å². The Kier molecular flexibility index (Phi) is 4.57. The van der Waals surface area contributed by atoms with Crippen LogP contribution in [0.5, 0.6) is 17.2 Å². The molecule has 0 spiro atoms. The maximum atomic E-state index is 10.5. The van der Waals surface area contributed by atoms with E-state index in [9.17, 15) is 5.11 Å². The second-order valence-corrected chi connectivity index (χ2v) is 4.84. The predicted octanol–water partition coefficient (Wildman–Crippen LogP) is 3.15. The summed E-state index contributed by atoms with van der Waals surface area (Å²) in [5.41, 5.74) is 0.529. The molecule has 2 rings (SSSR count). The minimum atomic E-state index is -0.978. The van der Waals surface area contributed by atoms with Crippen LogP contribution in [-0.4, -0.2) is 26.4 Å². The van der Waals surface area contributed by atoms with E-state index in [1.807, 2.05) is 0 Å². The molecule has 1 aromatic carbocycles. The van der Waals surface area contributed by atoms with Crippen LogP contribution < -0.4 is 14.2 Å². The first-order valence-corrected chi connectivity index (χ1v) is 6.62. The summed E-state index contributed by atoms with van der Waals surface area (Å²) in [6.07, 6.45) is 0.518. The Hall–Kier alpha value is -1.66. The highest BCUT2D eigenvalue weighted by atomic mass is 79.9. The Bertz CT molecular complexity index is 593. The van der Waals surface area contributed by atoms with Crippen LogP contribution in [-0.2, 0) is 0 Å². The molecule has 1 atom stereocenters. The van der Waals surface area contributed by atoms with Gasteiger partial charge in [-0.05, 0) is 28.1 Å². The van der Waals surface area contributed by atoms with Gasteiger partial charge in [-0.1, -0.05) is 0 Å². The van der Waals surface area contributed by atoms with Gasteiger partial charge >= 0.3 is 0 Å². The van der Waals surface area contributed by atoms with Gasteiger partial charge in [-0.25, -0.2) is 0 Å². The standard InChI is InChI=1S/C14H15BrO5/c1-17-10-7-12(19-3)11(18-2)6-8(10)13(16)14-9(15)4-5-20-14/h4-7,13,16H,1-3H3. The smallest absolute Gasteiger partial charge is 0.164 e. The first kappa shape index (κ1) is 14.7. The van der Waals surface area contributed by atoms with Crippen molar-refractivity contribution < 1.29 is 23.7 Å². The number of halogens is 1. The van der Waals surface area contributed by atoms with Crippen LogP contribution in [0, 0.1) is 0 Å². The number of aliphatic hydroxyl groups is 1. The zero-order valence-corrected chi connectivity index (χ0v) is 12.9. The number of aliphatic hydroxyl groups excluding tert-OH is 1. The van der Waals surface area contributed by atoms with Crippen LogP contribution in [0.1, 0.15) is 17.4 Å². The fourth-order valence-corrected chi connectivity index (χ4v) is 2.33. The van der Waals surface area contributed by atoms with E-state index in [1.165, 1.54) is 27.6 Å². The largest absolute Gasteiger partial charge is 0.496 e. The van der Waals surface area contributed by atoms with Gasteiger partial charge in [-0.3, -0.25) is 0 Å². The van der Waals surface area contributed by atoms with Crippen molar-refractivity contribution in [3.05, 3.63) is 40.3 Å². The van der Waals surface area contributed by atoms with Crippen molar-refractivity contribution in [1.82, 2.24) is 0 Å². The minimum Gasteiger partial charge on any atom is -0.496 e. The fourth-order valence-electron chi connectivity index (χ4n) is 1.91. The minimum absolute atomic E-state index is 0.399. The lowest BCUT2D eigenvalue weighted by Gasteiger charge is -2.17. The van der Waals surface area contributed by atoms with E-state index in [4.69, 9.17) is 18.6 Å². The molecule has 0 aliphatic rings. The molecule has 5 nitrogen and oxygen atoms in total. The summed E-state index contributed by atoms with van der Waals surface area (Å²) in [5, 5.41) is 10.5. The number of furan rings is 1. The third-order valence-electron chi connectivity index (χ3n) is 2.92. The summed E-state index contributed by atoms with van der Waals surface area (Å²) in [6, 6.07) is 5.04. The van der Waals surface area contributed by atoms with Gasteiger partial charge < -0.3 is 23.7 Å². The number of hydrogen-bond acceptors (Lipinski definition) is 5. The topological polar surface area (TPSA) is 61.1 Å². The molecule has 1 N–H and O–H groups in total. The van der Waals surface area contributed by atoms with E-state index in [0.717, 1.165) is 0 Å². The predicted molar refractivity (Wildman–Crippen MR) is 76.6 cm³/mol. The highest BCUT2D eigenvalue weighted by Gasteiger charge is 2.23. The van der Waals surface area contributed by atoms with Crippen LogP contribution >= 0.6 is 15.9 Å². The first-order chi connectivity index (χ1) is 9.62. The van der Waals surface area contributed by atoms with Gasteiger partial charge in [0.2, 0.25) is 0 Å². The normalized spacial score (nSPS) is 12.1. The molecule has 0 aliphatic carbocycles. The van der Waals surface area contributed by atoms with E-state index in [2.05, 4.69) is 15.9 Å². The molecule has 0 saturated carbocycles. The molecule has 108 valence electrons. The summed E-state index contributed by atoms with van der Waals surface area (Å²) in [4.78, 5) is 0. The van der Waals surface area contributed by atoms with Crippen molar-refractivity contribution in [1.29, 1.82) is 0 Å². The monoisotopic (exact) mass is 342 g/mol. The molecule has 6 heteroatoms. The lowest BCUT2D eigenvalue weighted by atomic mass is 10.1. The Morgan fingerprint density at radius 1 is 1.05 bits per heavy atom. The summed E-state index contributed by atoms with van der Waals surface area (Å²) in [5.74, 6) is 1.91. The molecule has 0 bridgehead atoms. The Morgan fingerprint density at radius 2 is 1.65 bits per heavy atom. The third-order valence-corrected chi connectivity index (χ3v) is 3.58. The summed E-state index contributed by atoms with van der Waals surface area (Å²) in [7, 11) is 4.59. The average molecular weight is 343 g/mol. The van der Waals surface area contributed by atoms with Crippen molar-refractivity contribution in [2.24, 2.45) is 0 Å². The molecule has 1 heterocycles. The molecule has 1 aromatic heterocycles. The van der Waals surface area contributed by atoms with Crippen LogP contribution in [0.3, 0.4) is 0 Å². The van der Waals surface area contributed by atoms with Gasteiger partial charge in [0, 0.05) is 11.6 Å². The van der Waals surface area contributed by atoms with Crippen LogP contribution in [0.15, 0.2) is 33.4 Å². The number of ether oxygens (including phenoxy) is 3. The first-order valence-electron chi connectivity index (χ1n) is 5.83. The van der Waals surface area contributed by atoms with Gasteiger partial charge in [0.15, 0.2) is 17.3 Å². The Labute approximate surface area is 125 Å². The molecular formula is C14H15BrO5. The van der Waals surface area contributed by atoms with E-state index in [-0.39, 0.29) is 0 Å². The van der Waals surface area contributed by atoms with Crippen LogP contribution in [0.2, 0.25) is 0 Å². The molecule has 0 fully saturated rings. The Balaban J connectivity index is 2.52. The molecule has 0 saturated heterocycles. The maximum Gasteiger partial charge on any atom is 0.164 e. The highest BCUT2D eigenvalue weighted by Crippen LogP contribution is 2.40. The zero-order valence-electron chi connectivity index (χ0n) is 11.3. The molecule has 0 radical (unpaired) electrons. The van der Waals surface area contributed by atoms with E-state index < -0.39 is 6.10 Å².